The first-order valence-electron chi connectivity index (χ1n) is 6.64. The number of rotatable bonds is 4. The first kappa shape index (κ1) is 11.9. The SMILES string of the molecule is CCCNC1CCCc2nc(-c3ccoc3)sc21. The highest BCUT2D eigenvalue weighted by atomic mass is 32.1. The Morgan fingerprint density at radius 3 is 3.28 bits per heavy atom. The number of aryl methyl sites for hydroxylation is 1. The van der Waals surface area contributed by atoms with Crippen LogP contribution in [-0.4, -0.2) is 11.5 Å². The van der Waals surface area contributed by atoms with Gasteiger partial charge in [-0.25, -0.2) is 4.98 Å². The van der Waals surface area contributed by atoms with Gasteiger partial charge in [-0.05, 0) is 38.3 Å². The van der Waals surface area contributed by atoms with Crippen molar-refractivity contribution in [2.45, 2.75) is 38.6 Å². The predicted molar refractivity (Wildman–Crippen MR) is 73.8 cm³/mol. The van der Waals surface area contributed by atoms with E-state index in [-0.39, 0.29) is 0 Å². The van der Waals surface area contributed by atoms with Crippen LogP contribution in [0.15, 0.2) is 23.0 Å². The summed E-state index contributed by atoms with van der Waals surface area (Å²) in [6, 6.07) is 2.49. The van der Waals surface area contributed by atoms with Gasteiger partial charge in [-0.15, -0.1) is 11.3 Å². The van der Waals surface area contributed by atoms with Gasteiger partial charge < -0.3 is 9.73 Å². The Bertz CT molecular complexity index is 504. The van der Waals surface area contributed by atoms with Crippen LogP contribution in [0, 0.1) is 0 Å². The fourth-order valence-electron chi connectivity index (χ4n) is 2.44. The molecule has 0 bridgehead atoms. The molecule has 1 unspecified atom stereocenters. The molecule has 0 amide bonds. The van der Waals surface area contributed by atoms with Gasteiger partial charge in [0.2, 0.25) is 0 Å². The molecule has 2 aromatic heterocycles. The third-order valence-electron chi connectivity index (χ3n) is 3.36. The summed E-state index contributed by atoms with van der Waals surface area (Å²) in [6.07, 6.45) is 8.26. The van der Waals surface area contributed by atoms with Crippen molar-refractivity contribution in [3.63, 3.8) is 0 Å². The highest BCUT2D eigenvalue weighted by Crippen LogP contribution is 2.37. The molecule has 1 aliphatic rings. The van der Waals surface area contributed by atoms with Crippen LogP contribution in [0.1, 0.15) is 42.8 Å². The lowest BCUT2D eigenvalue weighted by molar-refractivity contribution is 0.465. The lowest BCUT2D eigenvalue weighted by Crippen LogP contribution is -2.24. The number of aromatic nitrogens is 1. The molecular weight excluding hydrogens is 244 g/mol. The van der Waals surface area contributed by atoms with Crippen LogP contribution >= 0.6 is 11.3 Å². The van der Waals surface area contributed by atoms with Gasteiger partial charge >= 0.3 is 0 Å². The lowest BCUT2D eigenvalue weighted by atomic mass is 9.98. The van der Waals surface area contributed by atoms with E-state index >= 15 is 0 Å². The summed E-state index contributed by atoms with van der Waals surface area (Å²) in [7, 11) is 0. The zero-order valence-corrected chi connectivity index (χ0v) is 11.4. The highest BCUT2D eigenvalue weighted by molar-refractivity contribution is 7.15. The number of hydrogen-bond acceptors (Lipinski definition) is 4. The van der Waals surface area contributed by atoms with Crippen LogP contribution < -0.4 is 5.32 Å². The average Bonchev–Trinajstić information content (AvgIpc) is 3.03. The predicted octanol–water partition coefficient (Wildman–Crippen LogP) is 3.78. The zero-order chi connectivity index (χ0) is 12.4. The maximum absolute atomic E-state index is 5.14. The number of nitrogens with zero attached hydrogens (tertiary/aromatic N) is 1. The summed E-state index contributed by atoms with van der Waals surface area (Å²) in [4.78, 5) is 6.21. The standard InChI is InChI=1S/C14H18N2OS/c1-2-7-15-11-4-3-5-12-13(11)18-14(16-12)10-6-8-17-9-10/h6,8-9,11,15H,2-5,7H2,1H3. The summed E-state index contributed by atoms with van der Waals surface area (Å²) in [5.41, 5.74) is 2.39. The molecule has 0 saturated carbocycles. The molecule has 0 radical (unpaired) electrons. The van der Waals surface area contributed by atoms with E-state index in [9.17, 15) is 0 Å². The molecule has 1 aliphatic carbocycles. The lowest BCUT2D eigenvalue weighted by Gasteiger charge is -2.22. The van der Waals surface area contributed by atoms with E-state index in [0.717, 1.165) is 23.5 Å². The molecule has 3 nitrogen and oxygen atoms in total. The maximum atomic E-state index is 5.14. The quantitative estimate of drug-likeness (QED) is 0.911. The maximum Gasteiger partial charge on any atom is 0.127 e. The molecule has 4 heteroatoms. The molecular formula is C14H18N2OS. The number of nitrogens with one attached hydrogen (secondary N) is 1. The second kappa shape index (κ2) is 5.24. The molecule has 2 heterocycles. The minimum absolute atomic E-state index is 0.506. The zero-order valence-electron chi connectivity index (χ0n) is 10.6. The van der Waals surface area contributed by atoms with Crippen molar-refractivity contribution in [2.75, 3.05) is 6.54 Å². The number of fused-ring (bicyclic) bond motifs is 1. The second-order valence-corrected chi connectivity index (χ2v) is 5.77. The Kier molecular flexibility index (Phi) is 3.48. The normalized spacial score (nSPS) is 18.8. The van der Waals surface area contributed by atoms with E-state index in [1.54, 1.807) is 12.5 Å². The van der Waals surface area contributed by atoms with Gasteiger partial charge in [-0.3, -0.25) is 0 Å². The minimum Gasteiger partial charge on any atom is -0.472 e. The average molecular weight is 262 g/mol. The second-order valence-electron chi connectivity index (χ2n) is 4.74. The number of furan rings is 1. The van der Waals surface area contributed by atoms with Crippen LogP contribution in [0.3, 0.4) is 0 Å². The smallest absolute Gasteiger partial charge is 0.127 e. The van der Waals surface area contributed by atoms with E-state index in [2.05, 4.69) is 12.2 Å². The monoisotopic (exact) mass is 262 g/mol. The third-order valence-corrected chi connectivity index (χ3v) is 4.62. The Balaban J connectivity index is 1.88. The van der Waals surface area contributed by atoms with Gasteiger partial charge in [0.15, 0.2) is 0 Å². The Morgan fingerprint density at radius 1 is 1.56 bits per heavy atom. The molecule has 3 rings (SSSR count). The van der Waals surface area contributed by atoms with Crippen LogP contribution in [0.25, 0.3) is 10.6 Å². The molecule has 0 fully saturated rings. The van der Waals surface area contributed by atoms with Crippen LogP contribution in [0.5, 0.6) is 0 Å². The van der Waals surface area contributed by atoms with Crippen LogP contribution in [-0.2, 0) is 6.42 Å². The number of thiazole rings is 1. The Labute approximate surface area is 111 Å². The summed E-state index contributed by atoms with van der Waals surface area (Å²) in [6.45, 7) is 3.30. The molecule has 0 aliphatic heterocycles. The topological polar surface area (TPSA) is 38.1 Å². The van der Waals surface area contributed by atoms with Gasteiger partial charge in [-0.1, -0.05) is 6.92 Å². The van der Waals surface area contributed by atoms with Crippen molar-refractivity contribution in [1.29, 1.82) is 0 Å². The van der Waals surface area contributed by atoms with E-state index in [0.29, 0.717) is 6.04 Å². The van der Waals surface area contributed by atoms with Crippen LogP contribution in [0.4, 0.5) is 0 Å². The molecule has 0 saturated heterocycles. The Morgan fingerprint density at radius 2 is 2.50 bits per heavy atom. The molecule has 0 aromatic carbocycles. The van der Waals surface area contributed by atoms with Gasteiger partial charge in [0.05, 0.1) is 12.0 Å². The Hall–Kier alpha value is -1.13. The molecule has 1 atom stereocenters. The van der Waals surface area contributed by atoms with Crippen molar-refractivity contribution >= 4 is 11.3 Å². The van der Waals surface area contributed by atoms with E-state index < -0.39 is 0 Å². The van der Waals surface area contributed by atoms with E-state index in [1.807, 2.05) is 17.4 Å². The van der Waals surface area contributed by atoms with Gasteiger partial charge in [0.25, 0.3) is 0 Å². The summed E-state index contributed by atoms with van der Waals surface area (Å²) in [5, 5.41) is 4.73. The minimum atomic E-state index is 0.506. The van der Waals surface area contributed by atoms with E-state index in [4.69, 9.17) is 9.40 Å². The summed E-state index contributed by atoms with van der Waals surface area (Å²) >= 11 is 1.82. The first-order chi connectivity index (χ1) is 8.88. The van der Waals surface area contributed by atoms with Crippen molar-refractivity contribution in [3.05, 3.63) is 29.2 Å². The van der Waals surface area contributed by atoms with Crippen molar-refractivity contribution < 1.29 is 4.42 Å². The molecule has 1 N–H and O–H groups in total. The highest BCUT2D eigenvalue weighted by Gasteiger charge is 2.24. The van der Waals surface area contributed by atoms with Gasteiger partial charge in [0, 0.05) is 16.5 Å². The van der Waals surface area contributed by atoms with Crippen molar-refractivity contribution in [1.82, 2.24) is 10.3 Å². The first-order valence-corrected chi connectivity index (χ1v) is 7.45. The summed E-state index contributed by atoms with van der Waals surface area (Å²) < 4.78 is 5.14. The number of hydrogen-bond donors (Lipinski definition) is 1. The summed E-state index contributed by atoms with van der Waals surface area (Å²) in [5.74, 6) is 0. The van der Waals surface area contributed by atoms with Crippen molar-refractivity contribution in [2.24, 2.45) is 0 Å². The van der Waals surface area contributed by atoms with Gasteiger partial charge in [0.1, 0.15) is 11.3 Å². The van der Waals surface area contributed by atoms with E-state index in [1.165, 1.54) is 29.8 Å². The van der Waals surface area contributed by atoms with Crippen LogP contribution in [0.2, 0.25) is 0 Å². The molecule has 18 heavy (non-hydrogen) atoms. The van der Waals surface area contributed by atoms with Crippen molar-refractivity contribution in [3.8, 4) is 10.6 Å². The molecule has 2 aromatic rings. The largest absolute Gasteiger partial charge is 0.472 e. The molecule has 0 spiro atoms. The fraction of sp³-hybridized carbons (Fsp3) is 0.500. The molecule has 96 valence electrons. The fourth-order valence-corrected chi connectivity index (χ4v) is 3.65. The third kappa shape index (κ3) is 2.22. The van der Waals surface area contributed by atoms with Gasteiger partial charge in [-0.2, -0.15) is 0 Å².